The number of thioether (sulfide) groups is 1. The van der Waals surface area contributed by atoms with Crippen LogP contribution >= 0.6 is 11.8 Å². The molecule has 2 saturated carbocycles. The van der Waals surface area contributed by atoms with Crippen LogP contribution in [0.3, 0.4) is 0 Å². The van der Waals surface area contributed by atoms with Crippen molar-refractivity contribution >= 4 is 29.6 Å². The van der Waals surface area contributed by atoms with Crippen molar-refractivity contribution in [2.24, 2.45) is 0 Å². The quantitative estimate of drug-likeness (QED) is 0.736. The third-order valence-corrected chi connectivity index (χ3v) is 6.05. The van der Waals surface area contributed by atoms with Gasteiger partial charge >= 0.3 is 6.03 Å². The summed E-state index contributed by atoms with van der Waals surface area (Å²) in [4.78, 5) is 26.4. The number of urea groups is 1. The van der Waals surface area contributed by atoms with E-state index in [-0.39, 0.29) is 11.9 Å². The first-order chi connectivity index (χ1) is 12.6. The highest BCUT2D eigenvalue weighted by atomic mass is 32.2. The summed E-state index contributed by atoms with van der Waals surface area (Å²) in [7, 11) is 0. The molecule has 1 aromatic rings. The largest absolute Gasteiger partial charge is 0.341 e. The van der Waals surface area contributed by atoms with Crippen LogP contribution in [0, 0.1) is 0 Å². The zero-order valence-electron chi connectivity index (χ0n) is 15.1. The lowest BCUT2D eigenvalue weighted by Gasteiger charge is -2.28. The van der Waals surface area contributed by atoms with Gasteiger partial charge in [-0.25, -0.2) is 4.79 Å². The molecule has 0 radical (unpaired) electrons. The van der Waals surface area contributed by atoms with Gasteiger partial charge in [-0.05, 0) is 51.9 Å². The Morgan fingerprint density at radius 2 is 1.85 bits per heavy atom. The monoisotopic (exact) mass is 378 g/mol. The van der Waals surface area contributed by atoms with Crippen molar-refractivity contribution in [3.05, 3.63) is 0 Å². The van der Waals surface area contributed by atoms with Gasteiger partial charge in [-0.1, -0.05) is 11.8 Å². The molecule has 0 bridgehead atoms. The van der Waals surface area contributed by atoms with Gasteiger partial charge in [-0.15, -0.1) is 10.2 Å². The fourth-order valence-corrected chi connectivity index (χ4v) is 4.10. The third kappa shape index (κ3) is 4.13. The molecule has 3 fully saturated rings. The average Bonchev–Trinajstić information content (AvgIpc) is 3.56. The molecular weight excluding hydrogens is 352 g/mol. The Kier molecular flexibility index (Phi) is 5.06. The summed E-state index contributed by atoms with van der Waals surface area (Å²) in [5.41, 5.74) is 0. The molecule has 4 rings (SSSR count). The fourth-order valence-electron chi connectivity index (χ4n) is 3.19. The highest BCUT2D eigenvalue weighted by Crippen LogP contribution is 2.42. The van der Waals surface area contributed by atoms with Gasteiger partial charge in [0.25, 0.3) is 0 Å². The number of hydrogen-bond donors (Lipinski definition) is 2. The van der Waals surface area contributed by atoms with E-state index >= 15 is 0 Å². The number of aromatic nitrogens is 3. The summed E-state index contributed by atoms with van der Waals surface area (Å²) in [6, 6.07) is 0.274. The second kappa shape index (κ2) is 7.46. The maximum atomic E-state index is 12.3. The number of nitrogens with one attached hydrogen (secondary N) is 2. The minimum Gasteiger partial charge on any atom is -0.341 e. The van der Waals surface area contributed by atoms with Crippen molar-refractivity contribution in [2.75, 3.05) is 18.0 Å². The summed E-state index contributed by atoms with van der Waals surface area (Å²) in [6.07, 6.45) is 7.92. The topological polar surface area (TPSA) is 92.2 Å². The second-order valence-corrected chi connectivity index (χ2v) is 8.74. The van der Waals surface area contributed by atoms with Gasteiger partial charge in [0, 0.05) is 25.2 Å². The molecule has 1 aromatic heterocycles. The standard InChI is InChI=1S/C17H26N6O2S/c1-11(14(24)19-15(25)18-12-5-6-12)26-17-21-20-16(23(17)13-7-8-13)22-9-3-2-4-10-22/h11-13H,2-10H2,1H3,(H2,18,19,24,25). The SMILES string of the molecule is CC(Sc1nnc(N2CCCCC2)n1C1CC1)C(=O)NC(=O)NC1CC1. The van der Waals surface area contributed by atoms with E-state index in [1.807, 2.05) is 0 Å². The Hall–Kier alpha value is -1.77. The molecule has 3 amide bonds. The summed E-state index contributed by atoms with van der Waals surface area (Å²) in [5, 5.41) is 14.4. The van der Waals surface area contributed by atoms with Crippen molar-refractivity contribution < 1.29 is 9.59 Å². The summed E-state index contributed by atoms with van der Waals surface area (Å²) in [5.74, 6) is 0.645. The molecular formula is C17H26N6O2S. The highest BCUT2D eigenvalue weighted by Gasteiger charge is 2.33. The lowest BCUT2D eigenvalue weighted by Crippen LogP contribution is -2.43. The Labute approximate surface area is 157 Å². The lowest BCUT2D eigenvalue weighted by atomic mass is 10.1. The first-order valence-corrected chi connectivity index (χ1v) is 10.5. The van der Waals surface area contributed by atoms with E-state index in [0.29, 0.717) is 6.04 Å². The molecule has 1 aliphatic heterocycles. The summed E-state index contributed by atoms with van der Waals surface area (Å²) in [6.45, 7) is 3.84. The Morgan fingerprint density at radius 1 is 1.12 bits per heavy atom. The maximum Gasteiger partial charge on any atom is 0.321 e. The summed E-state index contributed by atoms with van der Waals surface area (Å²) >= 11 is 1.38. The molecule has 3 aliphatic rings. The molecule has 9 heteroatoms. The molecule has 2 N–H and O–H groups in total. The zero-order valence-corrected chi connectivity index (χ0v) is 15.9. The summed E-state index contributed by atoms with van der Waals surface area (Å²) < 4.78 is 2.20. The first-order valence-electron chi connectivity index (χ1n) is 9.59. The van der Waals surface area contributed by atoms with Crippen molar-refractivity contribution in [2.45, 2.75) is 74.4 Å². The molecule has 8 nitrogen and oxygen atoms in total. The fraction of sp³-hybridized carbons (Fsp3) is 0.765. The molecule has 1 saturated heterocycles. The third-order valence-electron chi connectivity index (χ3n) is 5.00. The Bertz CT molecular complexity index is 679. The second-order valence-electron chi connectivity index (χ2n) is 7.43. The van der Waals surface area contributed by atoms with Gasteiger partial charge in [0.05, 0.1) is 5.25 Å². The minimum absolute atomic E-state index is 0.232. The van der Waals surface area contributed by atoms with Gasteiger partial charge in [0.2, 0.25) is 11.9 Å². The van der Waals surface area contributed by atoms with Crippen LogP contribution in [-0.2, 0) is 4.79 Å². The van der Waals surface area contributed by atoms with E-state index in [1.165, 1.54) is 31.0 Å². The smallest absolute Gasteiger partial charge is 0.321 e. The molecule has 2 aliphatic carbocycles. The van der Waals surface area contributed by atoms with E-state index in [1.54, 1.807) is 6.92 Å². The lowest BCUT2D eigenvalue weighted by molar-refractivity contribution is -0.119. The predicted octanol–water partition coefficient (Wildman–Crippen LogP) is 2.07. The van der Waals surface area contributed by atoms with Gasteiger partial charge < -0.3 is 10.2 Å². The molecule has 0 aromatic carbocycles. The van der Waals surface area contributed by atoms with E-state index in [0.717, 1.165) is 49.9 Å². The molecule has 26 heavy (non-hydrogen) atoms. The number of imide groups is 1. The van der Waals surface area contributed by atoms with Crippen LogP contribution in [0.25, 0.3) is 0 Å². The molecule has 2 heterocycles. The van der Waals surface area contributed by atoms with E-state index < -0.39 is 11.3 Å². The molecule has 0 spiro atoms. The number of hydrogen-bond acceptors (Lipinski definition) is 6. The first kappa shape index (κ1) is 17.6. The Balaban J connectivity index is 1.41. The van der Waals surface area contributed by atoms with Crippen molar-refractivity contribution in [3.8, 4) is 0 Å². The van der Waals surface area contributed by atoms with Gasteiger partial charge in [0.1, 0.15) is 0 Å². The van der Waals surface area contributed by atoms with Crippen LogP contribution in [0.2, 0.25) is 0 Å². The normalized spacial score (nSPS) is 21.3. The van der Waals surface area contributed by atoms with Gasteiger partial charge in [0.15, 0.2) is 5.16 Å². The van der Waals surface area contributed by atoms with Crippen molar-refractivity contribution in [1.29, 1.82) is 0 Å². The van der Waals surface area contributed by atoms with Crippen LogP contribution in [0.15, 0.2) is 5.16 Å². The zero-order chi connectivity index (χ0) is 18.1. The predicted molar refractivity (Wildman–Crippen MR) is 99.4 cm³/mol. The van der Waals surface area contributed by atoms with E-state index in [4.69, 9.17) is 0 Å². The van der Waals surface area contributed by atoms with Gasteiger partial charge in [-0.3, -0.25) is 14.7 Å². The highest BCUT2D eigenvalue weighted by molar-refractivity contribution is 8.00. The number of carbonyl (C=O) groups excluding carboxylic acids is 2. The number of nitrogens with zero attached hydrogens (tertiary/aromatic N) is 4. The molecule has 142 valence electrons. The maximum absolute atomic E-state index is 12.3. The van der Waals surface area contributed by atoms with E-state index in [9.17, 15) is 9.59 Å². The number of anilines is 1. The number of piperidine rings is 1. The minimum atomic E-state index is -0.407. The van der Waals surface area contributed by atoms with Crippen LogP contribution in [0.4, 0.5) is 10.7 Å². The van der Waals surface area contributed by atoms with E-state index in [2.05, 4.69) is 30.3 Å². The number of amides is 3. The van der Waals surface area contributed by atoms with Gasteiger partial charge in [-0.2, -0.15) is 0 Å². The molecule has 1 unspecified atom stereocenters. The molecule has 1 atom stereocenters. The number of carbonyl (C=O) groups is 2. The van der Waals surface area contributed by atoms with Crippen LogP contribution < -0.4 is 15.5 Å². The Morgan fingerprint density at radius 3 is 2.50 bits per heavy atom. The van der Waals surface area contributed by atoms with Crippen molar-refractivity contribution in [3.63, 3.8) is 0 Å². The van der Waals surface area contributed by atoms with Crippen LogP contribution in [0.1, 0.15) is 57.9 Å². The number of rotatable bonds is 6. The van der Waals surface area contributed by atoms with Crippen LogP contribution in [-0.4, -0.2) is 51.1 Å². The van der Waals surface area contributed by atoms with Crippen LogP contribution in [0.5, 0.6) is 0 Å². The average molecular weight is 379 g/mol. The van der Waals surface area contributed by atoms with Crippen molar-refractivity contribution in [1.82, 2.24) is 25.4 Å².